The highest BCUT2D eigenvalue weighted by molar-refractivity contribution is 9.10. The first-order valence-corrected chi connectivity index (χ1v) is 7.78. The highest BCUT2D eigenvalue weighted by Gasteiger charge is 2.11. The Labute approximate surface area is 122 Å². The van der Waals surface area contributed by atoms with E-state index in [0.29, 0.717) is 18.5 Å². The van der Waals surface area contributed by atoms with E-state index in [1.807, 2.05) is 10.9 Å². The van der Waals surface area contributed by atoms with Crippen LogP contribution in [0, 0.1) is 0 Å². The standard InChI is InChI=1S/C13H22BrN5/c14-11-9-17-19(10-11)8-7-16-13(15)18-12-5-3-1-2-4-6-12/h9-10,12H,1-8H2,(H3,15,16,18). The largest absolute Gasteiger partial charge is 0.370 e. The van der Waals surface area contributed by atoms with E-state index in [9.17, 15) is 0 Å². The first-order valence-electron chi connectivity index (χ1n) is 6.98. The molecule has 5 nitrogen and oxygen atoms in total. The normalized spacial score (nSPS) is 18.3. The molecule has 0 spiro atoms. The number of rotatable bonds is 4. The van der Waals surface area contributed by atoms with Crippen LogP contribution in [0.2, 0.25) is 0 Å². The van der Waals surface area contributed by atoms with Gasteiger partial charge in [0.05, 0.1) is 23.8 Å². The predicted molar refractivity (Wildman–Crippen MR) is 81.0 cm³/mol. The molecule has 6 heteroatoms. The Balaban J connectivity index is 1.72. The highest BCUT2D eigenvalue weighted by Crippen LogP contribution is 2.16. The molecule has 0 bridgehead atoms. The molecule has 0 aromatic carbocycles. The first kappa shape index (κ1) is 14.4. The van der Waals surface area contributed by atoms with E-state index >= 15 is 0 Å². The fourth-order valence-corrected chi connectivity index (χ4v) is 2.74. The summed E-state index contributed by atoms with van der Waals surface area (Å²) in [6, 6.07) is 0.505. The Morgan fingerprint density at radius 2 is 2.16 bits per heavy atom. The SMILES string of the molecule is NC(=NCCn1cc(Br)cn1)NC1CCCCCC1. The van der Waals surface area contributed by atoms with Gasteiger partial charge in [-0.1, -0.05) is 25.7 Å². The molecule has 1 saturated carbocycles. The van der Waals surface area contributed by atoms with Gasteiger partial charge in [-0.05, 0) is 28.8 Å². The number of hydrogen-bond donors (Lipinski definition) is 2. The average molecular weight is 328 g/mol. The summed E-state index contributed by atoms with van der Waals surface area (Å²) < 4.78 is 2.84. The lowest BCUT2D eigenvalue weighted by molar-refractivity contribution is 0.529. The maximum atomic E-state index is 5.92. The van der Waals surface area contributed by atoms with Crippen molar-refractivity contribution >= 4 is 21.9 Å². The summed E-state index contributed by atoms with van der Waals surface area (Å²) in [4.78, 5) is 4.36. The van der Waals surface area contributed by atoms with Gasteiger partial charge >= 0.3 is 0 Å². The quantitative estimate of drug-likeness (QED) is 0.506. The molecular weight excluding hydrogens is 306 g/mol. The van der Waals surface area contributed by atoms with Gasteiger partial charge in [0.2, 0.25) is 0 Å². The molecule has 0 saturated heterocycles. The van der Waals surface area contributed by atoms with Crippen molar-refractivity contribution in [1.29, 1.82) is 0 Å². The molecule has 2 rings (SSSR count). The van der Waals surface area contributed by atoms with Gasteiger partial charge in [-0.3, -0.25) is 9.67 Å². The maximum Gasteiger partial charge on any atom is 0.188 e. The molecule has 0 unspecified atom stereocenters. The summed E-state index contributed by atoms with van der Waals surface area (Å²) in [6.07, 6.45) is 11.4. The van der Waals surface area contributed by atoms with E-state index < -0.39 is 0 Å². The lowest BCUT2D eigenvalue weighted by Gasteiger charge is -2.16. The molecule has 3 N–H and O–H groups in total. The molecule has 0 atom stereocenters. The molecule has 1 aromatic heterocycles. The molecule has 1 aliphatic carbocycles. The Morgan fingerprint density at radius 1 is 1.42 bits per heavy atom. The van der Waals surface area contributed by atoms with Crippen molar-refractivity contribution in [3.63, 3.8) is 0 Å². The molecule has 0 radical (unpaired) electrons. The van der Waals surface area contributed by atoms with Gasteiger partial charge in [0, 0.05) is 12.2 Å². The van der Waals surface area contributed by atoms with E-state index in [1.54, 1.807) is 6.20 Å². The number of aromatic nitrogens is 2. The number of guanidine groups is 1. The number of aliphatic imine (C=N–C) groups is 1. The fraction of sp³-hybridized carbons (Fsp3) is 0.692. The second-order valence-electron chi connectivity index (χ2n) is 5.02. The van der Waals surface area contributed by atoms with Crippen LogP contribution < -0.4 is 11.1 Å². The van der Waals surface area contributed by atoms with Gasteiger partial charge < -0.3 is 11.1 Å². The summed E-state index contributed by atoms with van der Waals surface area (Å²) in [5.41, 5.74) is 5.92. The number of halogens is 1. The van der Waals surface area contributed by atoms with Crippen LogP contribution in [0.1, 0.15) is 38.5 Å². The molecule has 1 aliphatic rings. The van der Waals surface area contributed by atoms with Crippen LogP contribution in [0.4, 0.5) is 0 Å². The van der Waals surface area contributed by atoms with E-state index in [0.717, 1.165) is 11.0 Å². The van der Waals surface area contributed by atoms with Crippen LogP contribution in [0.5, 0.6) is 0 Å². The average Bonchev–Trinajstić information content (AvgIpc) is 2.63. The van der Waals surface area contributed by atoms with Crippen LogP contribution in [0.15, 0.2) is 21.9 Å². The minimum absolute atomic E-state index is 0.505. The summed E-state index contributed by atoms with van der Waals surface area (Å²) >= 11 is 3.37. The monoisotopic (exact) mass is 327 g/mol. The van der Waals surface area contributed by atoms with Gasteiger partial charge in [-0.25, -0.2) is 0 Å². The van der Waals surface area contributed by atoms with E-state index in [1.165, 1.54) is 38.5 Å². The van der Waals surface area contributed by atoms with Crippen molar-refractivity contribution < 1.29 is 0 Å². The van der Waals surface area contributed by atoms with E-state index in [-0.39, 0.29) is 0 Å². The lowest BCUT2D eigenvalue weighted by Crippen LogP contribution is -2.40. The minimum Gasteiger partial charge on any atom is -0.370 e. The number of hydrogen-bond acceptors (Lipinski definition) is 2. The Hall–Kier alpha value is -1.04. The van der Waals surface area contributed by atoms with Crippen molar-refractivity contribution in [2.24, 2.45) is 10.7 Å². The van der Waals surface area contributed by atoms with Crippen LogP contribution in [0.3, 0.4) is 0 Å². The lowest BCUT2D eigenvalue weighted by atomic mass is 10.1. The third kappa shape index (κ3) is 5.22. The second kappa shape index (κ2) is 7.53. The van der Waals surface area contributed by atoms with E-state index in [4.69, 9.17) is 5.73 Å². The number of nitrogens with one attached hydrogen (secondary N) is 1. The zero-order valence-corrected chi connectivity index (χ0v) is 12.8. The summed E-state index contributed by atoms with van der Waals surface area (Å²) in [6.45, 7) is 1.40. The zero-order valence-electron chi connectivity index (χ0n) is 11.2. The topological polar surface area (TPSA) is 68.2 Å². The highest BCUT2D eigenvalue weighted by atomic mass is 79.9. The summed E-state index contributed by atoms with van der Waals surface area (Å²) in [5.74, 6) is 0.568. The third-order valence-electron chi connectivity index (χ3n) is 3.42. The van der Waals surface area contributed by atoms with Gasteiger partial charge in [-0.15, -0.1) is 0 Å². The molecule has 0 aliphatic heterocycles. The zero-order chi connectivity index (χ0) is 13.5. The predicted octanol–water partition coefficient (Wildman–Crippen LogP) is 2.27. The van der Waals surface area contributed by atoms with Gasteiger partial charge in [0.25, 0.3) is 0 Å². The van der Waals surface area contributed by atoms with Crippen molar-refractivity contribution in [3.05, 3.63) is 16.9 Å². The molecule has 1 aromatic rings. The Morgan fingerprint density at radius 3 is 2.79 bits per heavy atom. The van der Waals surface area contributed by atoms with Crippen LogP contribution >= 0.6 is 15.9 Å². The van der Waals surface area contributed by atoms with E-state index in [2.05, 4.69) is 31.3 Å². The number of nitrogens with zero attached hydrogens (tertiary/aromatic N) is 3. The van der Waals surface area contributed by atoms with Crippen LogP contribution in [-0.4, -0.2) is 28.3 Å². The van der Waals surface area contributed by atoms with Crippen LogP contribution in [-0.2, 0) is 6.54 Å². The summed E-state index contributed by atoms with van der Waals surface area (Å²) in [7, 11) is 0. The molecule has 0 amide bonds. The van der Waals surface area contributed by atoms with Crippen molar-refractivity contribution in [3.8, 4) is 0 Å². The smallest absolute Gasteiger partial charge is 0.188 e. The minimum atomic E-state index is 0.505. The van der Waals surface area contributed by atoms with Crippen molar-refractivity contribution in [1.82, 2.24) is 15.1 Å². The van der Waals surface area contributed by atoms with Gasteiger partial charge in [0.1, 0.15) is 0 Å². The third-order valence-corrected chi connectivity index (χ3v) is 3.83. The number of nitrogens with two attached hydrogens (primary N) is 1. The Bertz CT molecular complexity index is 407. The molecule has 106 valence electrons. The van der Waals surface area contributed by atoms with Crippen LogP contribution in [0.25, 0.3) is 0 Å². The van der Waals surface area contributed by atoms with Gasteiger partial charge in [-0.2, -0.15) is 5.10 Å². The Kier molecular flexibility index (Phi) is 5.69. The first-order chi connectivity index (χ1) is 9.24. The summed E-state index contributed by atoms with van der Waals surface area (Å²) in [5, 5.41) is 7.52. The molecule has 1 heterocycles. The molecular formula is C13H22BrN5. The fourth-order valence-electron chi connectivity index (χ4n) is 2.41. The van der Waals surface area contributed by atoms with Crippen molar-refractivity contribution in [2.45, 2.75) is 51.1 Å². The maximum absolute atomic E-state index is 5.92. The molecule has 1 fully saturated rings. The van der Waals surface area contributed by atoms with Gasteiger partial charge in [0.15, 0.2) is 5.96 Å². The van der Waals surface area contributed by atoms with Crippen molar-refractivity contribution in [2.75, 3.05) is 6.54 Å². The second-order valence-corrected chi connectivity index (χ2v) is 5.94. The molecule has 19 heavy (non-hydrogen) atoms.